The maximum absolute atomic E-state index is 12.4. The van der Waals surface area contributed by atoms with Gasteiger partial charge in [0.25, 0.3) is 0 Å². The summed E-state index contributed by atoms with van der Waals surface area (Å²) in [5.41, 5.74) is 3.33. The summed E-state index contributed by atoms with van der Waals surface area (Å²) in [4.78, 5) is 12.4. The molecule has 0 spiro atoms. The second-order valence-corrected chi connectivity index (χ2v) is 7.55. The lowest BCUT2D eigenvalue weighted by Crippen LogP contribution is -2.23. The van der Waals surface area contributed by atoms with E-state index in [0.717, 1.165) is 24.0 Å². The number of tetrazole rings is 1. The normalized spacial score (nSPS) is 13.8. The molecule has 0 amide bonds. The largest absolute Gasteiger partial charge is 0.487 e. The first kappa shape index (κ1) is 18.1. The van der Waals surface area contributed by atoms with Gasteiger partial charge in [-0.25, -0.2) is 4.79 Å². The van der Waals surface area contributed by atoms with Gasteiger partial charge in [0.15, 0.2) is 0 Å². The van der Waals surface area contributed by atoms with Crippen LogP contribution < -0.4 is 10.4 Å². The van der Waals surface area contributed by atoms with E-state index >= 15 is 0 Å². The highest BCUT2D eigenvalue weighted by Gasteiger charge is 2.28. The minimum atomic E-state index is -0.305. The summed E-state index contributed by atoms with van der Waals surface area (Å²) >= 11 is 12.5. The van der Waals surface area contributed by atoms with Crippen molar-refractivity contribution in [3.05, 3.63) is 67.6 Å². The van der Waals surface area contributed by atoms with Crippen molar-refractivity contribution < 1.29 is 4.74 Å². The number of aryl methyl sites for hydroxylation is 2. The molecule has 6 nitrogen and oxygen atoms in total. The van der Waals surface area contributed by atoms with Crippen molar-refractivity contribution in [1.29, 1.82) is 0 Å². The van der Waals surface area contributed by atoms with Crippen LogP contribution in [0.4, 0.5) is 0 Å². The van der Waals surface area contributed by atoms with Crippen molar-refractivity contribution in [3.8, 4) is 11.4 Å². The summed E-state index contributed by atoms with van der Waals surface area (Å²) in [6, 6.07) is 9.35. The summed E-state index contributed by atoms with van der Waals surface area (Å²) in [6.45, 7) is 2.14. The van der Waals surface area contributed by atoms with Crippen LogP contribution in [0.15, 0.2) is 35.1 Å². The van der Waals surface area contributed by atoms with E-state index in [9.17, 15) is 4.79 Å². The van der Waals surface area contributed by atoms with Gasteiger partial charge in [-0.3, -0.25) is 0 Å². The quantitative estimate of drug-likeness (QED) is 0.643. The lowest BCUT2D eigenvalue weighted by atomic mass is 10.0. The molecule has 8 heteroatoms. The third-order valence-electron chi connectivity index (χ3n) is 4.74. The number of rotatable bonds is 5. The lowest BCUT2D eigenvalue weighted by Gasteiger charge is -2.16. The smallest absolute Gasteiger partial charge is 0.368 e. The van der Waals surface area contributed by atoms with Crippen molar-refractivity contribution in [1.82, 2.24) is 19.8 Å². The maximum atomic E-state index is 12.4. The van der Waals surface area contributed by atoms with E-state index < -0.39 is 0 Å². The number of hydrogen-bond donors (Lipinski definition) is 0. The molecule has 1 aliphatic rings. The SMILES string of the molecule is Cc1cc(Cl)c(OCc2c(C3CC3)cccc2-n2nnn(C)c2=O)cc1Cl. The van der Waals surface area contributed by atoms with Gasteiger partial charge in [-0.2, -0.15) is 9.36 Å². The van der Waals surface area contributed by atoms with Crippen molar-refractivity contribution in [2.45, 2.75) is 32.3 Å². The molecule has 1 heterocycles. The first-order valence-corrected chi connectivity index (χ1v) is 9.41. The predicted octanol–water partition coefficient (Wildman–Crippen LogP) is 4.04. The predicted molar refractivity (Wildman–Crippen MR) is 104 cm³/mol. The molecule has 27 heavy (non-hydrogen) atoms. The Morgan fingerprint density at radius 3 is 2.63 bits per heavy atom. The third kappa shape index (κ3) is 3.47. The highest BCUT2D eigenvalue weighted by molar-refractivity contribution is 6.34. The maximum Gasteiger partial charge on any atom is 0.368 e. The molecule has 3 aromatic rings. The Balaban J connectivity index is 1.74. The topological polar surface area (TPSA) is 61.9 Å². The molecule has 1 fully saturated rings. The van der Waals surface area contributed by atoms with E-state index in [4.69, 9.17) is 27.9 Å². The Morgan fingerprint density at radius 2 is 1.96 bits per heavy atom. The fraction of sp³-hybridized carbons (Fsp3) is 0.316. The van der Waals surface area contributed by atoms with Crippen molar-refractivity contribution in [3.63, 3.8) is 0 Å². The molecule has 2 aromatic carbocycles. The molecule has 4 rings (SSSR count). The number of ether oxygens (including phenoxy) is 1. The summed E-state index contributed by atoms with van der Waals surface area (Å²) in [7, 11) is 1.57. The van der Waals surface area contributed by atoms with Gasteiger partial charge in [-0.1, -0.05) is 35.3 Å². The van der Waals surface area contributed by atoms with Gasteiger partial charge in [-0.15, -0.1) is 0 Å². The van der Waals surface area contributed by atoms with Gasteiger partial charge in [0.2, 0.25) is 0 Å². The number of aromatic nitrogens is 4. The van der Waals surface area contributed by atoms with Crippen molar-refractivity contribution in [2.24, 2.45) is 7.05 Å². The van der Waals surface area contributed by atoms with Gasteiger partial charge >= 0.3 is 5.69 Å². The second kappa shape index (κ2) is 7.02. The molecule has 0 aliphatic heterocycles. The first-order valence-electron chi connectivity index (χ1n) is 8.65. The minimum Gasteiger partial charge on any atom is -0.487 e. The van der Waals surface area contributed by atoms with Gasteiger partial charge in [0.05, 0.1) is 10.7 Å². The molecule has 0 unspecified atom stereocenters. The van der Waals surface area contributed by atoms with Crippen LogP contribution in [0.3, 0.4) is 0 Å². The fourth-order valence-corrected chi connectivity index (χ4v) is 3.50. The average Bonchev–Trinajstić information content (AvgIpc) is 3.43. The summed E-state index contributed by atoms with van der Waals surface area (Å²) in [5, 5.41) is 8.89. The molecule has 1 saturated carbocycles. The molecule has 1 aliphatic carbocycles. The Hall–Kier alpha value is -2.31. The number of benzene rings is 2. The molecule has 0 atom stereocenters. The lowest BCUT2D eigenvalue weighted by molar-refractivity contribution is 0.304. The van der Waals surface area contributed by atoms with E-state index in [1.165, 1.54) is 14.9 Å². The molecular formula is C19H18Cl2N4O2. The van der Waals surface area contributed by atoms with Crippen LogP contribution in [0, 0.1) is 6.92 Å². The van der Waals surface area contributed by atoms with E-state index in [2.05, 4.69) is 16.5 Å². The molecule has 0 saturated heterocycles. The number of nitrogens with zero attached hydrogens (tertiary/aromatic N) is 4. The summed E-state index contributed by atoms with van der Waals surface area (Å²) < 4.78 is 8.50. The van der Waals surface area contributed by atoms with Crippen LogP contribution in [0.1, 0.15) is 35.4 Å². The summed E-state index contributed by atoms with van der Waals surface area (Å²) in [5.74, 6) is 0.989. The van der Waals surface area contributed by atoms with Gasteiger partial charge in [-0.05, 0) is 59.4 Å². The zero-order chi connectivity index (χ0) is 19.1. The first-order chi connectivity index (χ1) is 13.0. The monoisotopic (exact) mass is 404 g/mol. The fourth-order valence-electron chi connectivity index (χ4n) is 3.08. The van der Waals surface area contributed by atoms with E-state index in [0.29, 0.717) is 27.4 Å². The zero-order valence-corrected chi connectivity index (χ0v) is 16.5. The van der Waals surface area contributed by atoms with E-state index in [1.54, 1.807) is 19.2 Å². The molecule has 0 radical (unpaired) electrons. The molecule has 0 bridgehead atoms. The van der Waals surface area contributed by atoms with Crippen LogP contribution in [-0.2, 0) is 13.7 Å². The van der Waals surface area contributed by atoms with Gasteiger partial charge < -0.3 is 4.74 Å². The number of halogens is 2. The average molecular weight is 405 g/mol. The van der Waals surface area contributed by atoms with Crippen LogP contribution in [0.25, 0.3) is 5.69 Å². The standard InChI is InChI=1S/C19H18Cl2N4O2/c1-11-8-16(21)18(9-15(11)20)27-10-14-13(12-6-7-12)4-3-5-17(14)25-19(26)24(2)22-23-25/h3-5,8-9,12H,6-7,10H2,1-2H3. The zero-order valence-electron chi connectivity index (χ0n) is 14.9. The van der Waals surface area contributed by atoms with E-state index in [1.807, 2.05) is 19.1 Å². The van der Waals surface area contributed by atoms with Crippen molar-refractivity contribution in [2.75, 3.05) is 0 Å². The highest BCUT2D eigenvalue weighted by Crippen LogP contribution is 2.43. The Bertz CT molecular complexity index is 1070. The van der Waals surface area contributed by atoms with Crippen LogP contribution in [-0.4, -0.2) is 19.8 Å². The summed E-state index contributed by atoms with van der Waals surface area (Å²) in [6.07, 6.45) is 2.26. The Labute approximate surface area is 166 Å². The third-order valence-corrected chi connectivity index (χ3v) is 5.44. The van der Waals surface area contributed by atoms with Crippen molar-refractivity contribution >= 4 is 23.2 Å². The molecular weight excluding hydrogens is 387 g/mol. The van der Waals surface area contributed by atoms with Gasteiger partial charge in [0, 0.05) is 23.7 Å². The van der Waals surface area contributed by atoms with E-state index in [-0.39, 0.29) is 12.3 Å². The Kier molecular flexibility index (Phi) is 4.70. The minimum absolute atomic E-state index is 0.254. The number of hydrogen-bond acceptors (Lipinski definition) is 4. The van der Waals surface area contributed by atoms with Crippen LogP contribution >= 0.6 is 23.2 Å². The molecule has 0 N–H and O–H groups in total. The molecule has 1 aromatic heterocycles. The second-order valence-electron chi connectivity index (χ2n) is 6.74. The van der Waals surface area contributed by atoms with Gasteiger partial charge in [0.1, 0.15) is 12.4 Å². The Morgan fingerprint density at radius 1 is 1.19 bits per heavy atom. The highest BCUT2D eigenvalue weighted by atomic mass is 35.5. The van der Waals surface area contributed by atoms with Crippen LogP contribution in [0.2, 0.25) is 10.0 Å². The van der Waals surface area contributed by atoms with Crippen LogP contribution in [0.5, 0.6) is 5.75 Å². The molecule has 140 valence electrons.